The number of hydrogen-bond acceptors (Lipinski definition) is 5. The minimum atomic E-state index is -0.128. The van der Waals surface area contributed by atoms with E-state index in [0.29, 0.717) is 32.3 Å². The molecule has 2 atom stereocenters. The van der Waals surface area contributed by atoms with Gasteiger partial charge in [0.05, 0.1) is 12.6 Å². The van der Waals surface area contributed by atoms with Gasteiger partial charge in [0.1, 0.15) is 11.6 Å². The molecule has 1 unspecified atom stereocenters. The number of rotatable bonds is 9. The molecule has 1 saturated heterocycles. The van der Waals surface area contributed by atoms with Crippen molar-refractivity contribution in [3.63, 3.8) is 0 Å². The number of hydrogen-bond donors (Lipinski definition) is 2. The molecule has 1 aliphatic heterocycles. The first-order valence-electron chi connectivity index (χ1n) is 6.55. The Bertz CT molecular complexity index is 280. The molecule has 104 valence electrons. The fourth-order valence-corrected chi connectivity index (χ4v) is 2.28. The minimum absolute atomic E-state index is 0.0530. The molecule has 18 heavy (non-hydrogen) atoms. The van der Waals surface area contributed by atoms with Gasteiger partial charge in [0.15, 0.2) is 0 Å². The third-order valence-electron chi connectivity index (χ3n) is 3.29. The Labute approximate surface area is 108 Å². The fraction of sp³-hybridized carbons (Fsp3) is 0.846. The van der Waals surface area contributed by atoms with Crippen LogP contribution in [-0.4, -0.2) is 49.6 Å². The van der Waals surface area contributed by atoms with E-state index >= 15 is 0 Å². The molecule has 1 heterocycles. The molecule has 0 radical (unpaired) electrons. The number of Topliss-reactive ketones (excluding diaryl/α,β-unsaturated/α-hetero) is 2. The third-order valence-corrected chi connectivity index (χ3v) is 3.29. The average Bonchev–Trinajstić information content (AvgIpc) is 2.82. The number of carbonyl (C=O) groups is 2. The summed E-state index contributed by atoms with van der Waals surface area (Å²) >= 11 is 0. The second kappa shape index (κ2) is 8.34. The Morgan fingerprint density at radius 2 is 2.17 bits per heavy atom. The zero-order valence-corrected chi connectivity index (χ0v) is 11.0. The molecule has 0 spiro atoms. The van der Waals surface area contributed by atoms with Crippen LogP contribution in [0.4, 0.5) is 0 Å². The van der Waals surface area contributed by atoms with E-state index in [1.54, 1.807) is 7.11 Å². The average molecular weight is 257 g/mol. The fourth-order valence-electron chi connectivity index (χ4n) is 2.28. The lowest BCUT2D eigenvalue weighted by atomic mass is 9.96. The molecular weight excluding hydrogens is 234 g/mol. The van der Waals surface area contributed by atoms with Crippen molar-refractivity contribution in [1.82, 2.24) is 5.32 Å². The van der Waals surface area contributed by atoms with Crippen LogP contribution in [0.2, 0.25) is 0 Å². The van der Waals surface area contributed by atoms with Crippen molar-refractivity contribution in [2.45, 2.75) is 38.1 Å². The molecule has 5 nitrogen and oxygen atoms in total. The number of methoxy groups -OCH3 is 1. The molecule has 0 aromatic carbocycles. The highest BCUT2D eigenvalue weighted by atomic mass is 16.5. The predicted octanol–water partition coefficient (Wildman–Crippen LogP) is 0.302. The van der Waals surface area contributed by atoms with Gasteiger partial charge in [-0.25, -0.2) is 0 Å². The van der Waals surface area contributed by atoms with Crippen molar-refractivity contribution in [2.24, 2.45) is 5.92 Å². The highest BCUT2D eigenvalue weighted by Gasteiger charge is 2.29. The van der Waals surface area contributed by atoms with E-state index in [-0.39, 0.29) is 30.1 Å². The first kappa shape index (κ1) is 15.3. The number of nitrogens with one attached hydrogen (secondary N) is 1. The van der Waals surface area contributed by atoms with E-state index in [9.17, 15) is 9.59 Å². The van der Waals surface area contributed by atoms with Crippen molar-refractivity contribution in [3.05, 3.63) is 0 Å². The summed E-state index contributed by atoms with van der Waals surface area (Å²) in [5, 5.41) is 11.8. The van der Waals surface area contributed by atoms with Crippen LogP contribution < -0.4 is 5.32 Å². The predicted molar refractivity (Wildman–Crippen MR) is 67.3 cm³/mol. The van der Waals surface area contributed by atoms with Gasteiger partial charge in [0.25, 0.3) is 0 Å². The van der Waals surface area contributed by atoms with E-state index in [2.05, 4.69) is 5.32 Å². The van der Waals surface area contributed by atoms with Crippen molar-refractivity contribution in [2.75, 3.05) is 26.9 Å². The van der Waals surface area contributed by atoms with Gasteiger partial charge in [-0.1, -0.05) is 0 Å². The Balaban J connectivity index is 2.24. The molecule has 0 aromatic rings. The topological polar surface area (TPSA) is 75.6 Å². The van der Waals surface area contributed by atoms with Crippen molar-refractivity contribution >= 4 is 11.6 Å². The number of ether oxygens (including phenoxy) is 1. The third kappa shape index (κ3) is 5.25. The summed E-state index contributed by atoms with van der Waals surface area (Å²) in [4.78, 5) is 23.3. The smallest absolute Gasteiger partial charge is 0.149 e. The molecule has 1 rings (SSSR count). The number of ketones is 2. The summed E-state index contributed by atoms with van der Waals surface area (Å²) in [6, 6.07) is -0.128. The number of aliphatic hydroxyl groups is 1. The Hall–Kier alpha value is -0.780. The van der Waals surface area contributed by atoms with Gasteiger partial charge in [0.2, 0.25) is 0 Å². The molecule has 0 bridgehead atoms. The highest BCUT2D eigenvalue weighted by Crippen LogP contribution is 2.20. The van der Waals surface area contributed by atoms with Crippen molar-refractivity contribution < 1.29 is 19.4 Å². The molecule has 0 amide bonds. The minimum Gasteiger partial charge on any atom is -0.396 e. The molecule has 0 aliphatic carbocycles. The normalized spacial score (nSPS) is 23.2. The van der Waals surface area contributed by atoms with Crippen LogP contribution in [0.3, 0.4) is 0 Å². The van der Waals surface area contributed by atoms with Crippen LogP contribution in [0.5, 0.6) is 0 Å². The van der Waals surface area contributed by atoms with E-state index in [1.165, 1.54) is 0 Å². The van der Waals surface area contributed by atoms with Gasteiger partial charge in [-0.3, -0.25) is 9.59 Å². The summed E-state index contributed by atoms with van der Waals surface area (Å²) < 4.78 is 4.87. The molecular formula is C13H23NO4. The van der Waals surface area contributed by atoms with Gasteiger partial charge in [0, 0.05) is 33.0 Å². The SMILES string of the molecule is COCCC(=O)C[C@H]1CNC(C(=O)CCCO)C1. The zero-order valence-electron chi connectivity index (χ0n) is 11.0. The van der Waals surface area contributed by atoms with Crippen LogP contribution in [0.25, 0.3) is 0 Å². The first-order chi connectivity index (χ1) is 8.67. The Kier molecular flexibility index (Phi) is 7.08. The second-order valence-electron chi connectivity index (χ2n) is 4.84. The lowest BCUT2D eigenvalue weighted by Crippen LogP contribution is -2.30. The van der Waals surface area contributed by atoms with E-state index in [4.69, 9.17) is 9.84 Å². The van der Waals surface area contributed by atoms with Gasteiger partial charge >= 0.3 is 0 Å². The Morgan fingerprint density at radius 1 is 1.39 bits per heavy atom. The summed E-state index contributed by atoms with van der Waals surface area (Å²) in [6.07, 6.45) is 2.66. The van der Waals surface area contributed by atoms with Crippen LogP contribution in [-0.2, 0) is 14.3 Å². The molecule has 5 heteroatoms. The van der Waals surface area contributed by atoms with E-state index < -0.39 is 0 Å². The number of carbonyl (C=O) groups excluding carboxylic acids is 2. The van der Waals surface area contributed by atoms with Crippen LogP contribution in [0, 0.1) is 5.92 Å². The quantitative estimate of drug-likeness (QED) is 0.621. The van der Waals surface area contributed by atoms with Crippen LogP contribution >= 0.6 is 0 Å². The van der Waals surface area contributed by atoms with Gasteiger partial charge in [-0.05, 0) is 25.3 Å². The Morgan fingerprint density at radius 3 is 2.83 bits per heavy atom. The largest absolute Gasteiger partial charge is 0.396 e. The lowest BCUT2D eigenvalue weighted by molar-refractivity contribution is -0.122. The summed E-state index contributed by atoms with van der Waals surface area (Å²) in [5.41, 5.74) is 0. The molecule has 0 aromatic heterocycles. The standard InChI is InChI=1S/C13H23NO4/c1-18-6-4-11(16)7-10-8-12(14-9-10)13(17)3-2-5-15/h10,12,14-15H,2-9H2,1H3/t10-,12?/m1/s1. The maximum atomic E-state index is 11.7. The van der Waals surface area contributed by atoms with Crippen molar-refractivity contribution in [1.29, 1.82) is 0 Å². The first-order valence-corrected chi connectivity index (χ1v) is 6.55. The monoisotopic (exact) mass is 257 g/mol. The zero-order chi connectivity index (χ0) is 13.4. The van der Waals surface area contributed by atoms with Gasteiger partial charge < -0.3 is 15.2 Å². The number of aliphatic hydroxyl groups excluding tert-OH is 1. The molecule has 1 aliphatic rings. The molecule has 2 N–H and O–H groups in total. The summed E-state index contributed by atoms with van der Waals surface area (Å²) in [5.74, 6) is 0.612. The maximum Gasteiger partial charge on any atom is 0.149 e. The molecule has 0 saturated carbocycles. The van der Waals surface area contributed by atoms with Gasteiger partial charge in [-0.15, -0.1) is 0 Å². The summed E-state index contributed by atoms with van der Waals surface area (Å²) in [7, 11) is 1.58. The summed E-state index contributed by atoms with van der Waals surface area (Å²) in [6.45, 7) is 1.25. The van der Waals surface area contributed by atoms with Crippen LogP contribution in [0.15, 0.2) is 0 Å². The molecule has 1 fully saturated rings. The maximum absolute atomic E-state index is 11.7. The van der Waals surface area contributed by atoms with E-state index in [0.717, 1.165) is 13.0 Å². The van der Waals surface area contributed by atoms with E-state index in [1.807, 2.05) is 0 Å². The van der Waals surface area contributed by atoms with Crippen molar-refractivity contribution in [3.8, 4) is 0 Å². The highest BCUT2D eigenvalue weighted by molar-refractivity contribution is 5.84. The lowest BCUT2D eigenvalue weighted by Gasteiger charge is -2.09. The van der Waals surface area contributed by atoms with Crippen LogP contribution in [0.1, 0.15) is 32.1 Å². The second-order valence-corrected chi connectivity index (χ2v) is 4.84. The van der Waals surface area contributed by atoms with Gasteiger partial charge in [-0.2, -0.15) is 0 Å².